The molecular weight excluding hydrogens is 913 g/mol. The van der Waals surface area contributed by atoms with Gasteiger partial charge in [-0.3, -0.25) is 14.4 Å². The molecule has 0 amide bonds. The summed E-state index contributed by atoms with van der Waals surface area (Å²) < 4.78 is 16.8. The molecule has 0 aliphatic carbocycles. The highest BCUT2D eigenvalue weighted by atomic mass is 16.6. The van der Waals surface area contributed by atoms with Crippen LogP contribution in [0.15, 0.2) is 146 Å². The largest absolute Gasteiger partial charge is 0.462 e. The summed E-state index contributed by atoms with van der Waals surface area (Å²) in [6, 6.07) is 0. The van der Waals surface area contributed by atoms with Crippen molar-refractivity contribution in [2.45, 2.75) is 252 Å². The SMILES string of the molecule is CC/C=C\C/C=C\C/C=C\C/C=C\C/C=C\C/C=C\C/C=C\CCCC(=O)OCC(COC(=O)CCCCCCCCCCCCCCCC)OC(=O)CCCCC/C=C\C/C=C\C/C=C\C/C=C\C/C=C\CC. The lowest BCUT2D eigenvalue weighted by Crippen LogP contribution is -2.30. The third-order valence-electron chi connectivity index (χ3n) is 12.1. The van der Waals surface area contributed by atoms with Gasteiger partial charge >= 0.3 is 17.9 Å². The van der Waals surface area contributed by atoms with Crippen LogP contribution in [0.1, 0.15) is 245 Å². The summed E-state index contributed by atoms with van der Waals surface area (Å²) in [6.45, 7) is 6.33. The Bertz CT molecular complexity index is 1640. The summed E-state index contributed by atoms with van der Waals surface area (Å²) in [6.07, 6.45) is 87.0. The zero-order valence-electron chi connectivity index (χ0n) is 47.5. The van der Waals surface area contributed by atoms with Crippen LogP contribution in [0, 0.1) is 0 Å². The molecule has 74 heavy (non-hydrogen) atoms. The summed E-state index contributed by atoms with van der Waals surface area (Å²) >= 11 is 0. The van der Waals surface area contributed by atoms with Crippen molar-refractivity contribution in [3.63, 3.8) is 0 Å². The van der Waals surface area contributed by atoms with Crippen molar-refractivity contribution >= 4 is 17.9 Å². The third kappa shape index (κ3) is 58.2. The number of carbonyl (C=O) groups excluding carboxylic acids is 3. The van der Waals surface area contributed by atoms with Gasteiger partial charge in [0, 0.05) is 19.3 Å². The van der Waals surface area contributed by atoms with Crippen molar-refractivity contribution in [3.8, 4) is 0 Å². The molecule has 0 aliphatic heterocycles. The van der Waals surface area contributed by atoms with E-state index >= 15 is 0 Å². The van der Waals surface area contributed by atoms with Crippen molar-refractivity contribution < 1.29 is 28.6 Å². The Morgan fingerprint density at radius 3 is 0.878 bits per heavy atom. The maximum atomic E-state index is 12.9. The topological polar surface area (TPSA) is 78.9 Å². The number of carbonyl (C=O) groups is 3. The zero-order chi connectivity index (χ0) is 53.6. The van der Waals surface area contributed by atoms with Crippen molar-refractivity contribution in [3.05, 3.63) is 146 Å². The minimum Gasteiger partial charge on any atom is -0.462 e. The normalized spacial score (nSPS) is 13.2. The van der Waals surface area contributed by atoms with E-state index in [1.54, 1.807) is 0 Å². The monoisotopic (exact) mass is 1020 g/mol. The molecule has 0 aliphatic rings. The first-order valence-electron chi connectivity index (χ1n) is 29.8. The Labute approximate surface area is 455 Å². The number of hydrogen-bond donors (Lipinski definition) is 0. The molecule has 0 rings (SSSR count). The minimum atomic E-state index is -0.825. The molecule has 0 radical (unpaired) electrons. The summed E-state index contributed by atoms with van der Waals surface area (Å²) in [5.41, 5.74) is 0. The number of esters is 3. The lowest BCUT2D eigenvalue weighted by Gasteiger charge is -2.18. The molecule has 0 spiro atoms. The van der Waals surface area contributed by atoms with Crippen LogP contribution in [0.2, 0.25) is 0 Å². The second-order valence-corrected chi connectivity index (χ2v) is 19.1. The molecule has 6 heteroatoms. The van der Waals surface area contributed by atoms with Crippen LogP contribution in [0.3, 0.4) is 0 Å². The molecule has 0 saturated carbocycles. The van der Waals surface area contributed by atoms with Crippen molar-refractivity contribution in [2.75, 3.05) is 13.2 Å². The molecule has 0 fully saturated rings. The van der Waals surface area contributed by atoms with Crippen LogP contribution in [0.4, 0.5) is 0 Å². The van der Waals surface area contributed by atoms with Crippen LogP contribution in [-0.4, -0.2) is 37.2 Å². The quantitative estimate of drug-likeness (QED) is 0.0261. The number of ether oxygens (including phenoxy) is 3. The van der Waals surface area contributed by atoms with E-state index in [1.165, 1.54) is 70.6 Å². The van der Waals surface area contributed by atoms with Gasteiger partial charge in [-0.25, -0.2) is 0 Å². The van der Waals surface area contributed by atoms with Gasteiger partial charge in [0.15, 0.2) is 6.10 Å². The predicted octanol–water partition coefficient (Wildman–Crippen LogP) is 20.4. The summed E-state index contributed by atoms with van der Waals surface area (Å²) in [5, 5.41) is 0. The Kier molecular flexibility index (Phi) is 57.0. The molecule has 416 valence electrons. The molecule has 6 nitrogen and oxygen atoms in total. The van der Waals surface area contributed by atoms with Gasteiger partial charge in [-0.15, -0.1) is 0 Å². The highest BCUT2D eigenvalue weighted by Crippen LogP contribution is 2.14. The maximum Gasteiger partial charge on any atom is 0.306 e. The van der Waals surface area contributed by atoms with E-state index < -0.39 is 6.10 Å². The molecule has 0 saturated heterocycles. The molecule has 0 aromatic rings. The fourth-order valence-corrected chi connectivity index (χ4v) is 7.69. The van der Waals surface area contributed by atoms with Gasteiger partial charge in [0.2, 0.25) is 0 Å². The van der Waals surface area contributed by atoms with E-state index in [2.05, 4.69) is 167 Å². The van der Waals surface area contributed by atoms with Crippen LogP contribution in [-0.2, 0) is 28.6 Å². The van der Waals surface area contributed by atoms with Gasteiger partial charge in [-0.2, -0.15) is 0 Å². The van der Waals surface area contributed by atoms with Crippen LogP contribution >= 0.6 is 0 Å². The highest BCUT2D eigenvalue weighted by molar-refractivity contribution is 5.71. The molecule has 0 N–H and O–H groups in total. The van der Waals surface area contributed by atoms with E-state index in [0.29, 0.717) is 19.3 Å². The Hall–Kier alpha value is -4.71. The maximum absolute atomic E-state index is 12.9. The second-order valence-electron chi connectivity index (χ2n) is 19.1. The fraction of sp³-hybridized carbons (Fsp3) is 0.603. The first kappa shape index (κ1) is 69.3. The molecule has 0 aromatic carbocycles. The number of hydrogen-bond acceptors (Lipinski definition) is 6. The number of rotatable bonds is 52. The Morgan fingerprint density at radius 1 is 0.284 bits per heavy atom. The van der Waals surface area contributed by atoms with Crippen LogP contribution in [0.25, 0.3) is 0 Å². The van der Waals surface area contributed by atoms with E-state index in [1.807, 2.05) is 0 Å². The molecule has 0 bridgehead atoms. The molecular formula is C68H108O6. The molecule has 0 aromatic heterocycles. The average Bonchev–Trinajstić information content (AvgIpc) is 3.40. The summed E-state index contributed by atoms with van der Waals surface area (Å²) in [5.74, 6) is -1.01. The van der Waals surface area contributed by atoms with E-state index in [0.717, 1.165) is 122 Å². The lowest BCUT2D eigenvalue weighted by atomic mass is 10.0. The molecule has 0 heterocycles. The standard InChI is InChI=1S/C68H108O6/c1-4-7-10-13-16-19-22-25-28-30-32-33-34-35-37-38-40-43-46-49-52-55-58-61-67(70)73-64-65(63-72-66(69)60-57-54-51-48-45-42-27-24-21-18-15-12-9-6-3)74-68(71)62-59-56-53-50-47-44-41-39-36-31-29-26-23-20-17-14-11-8-5-2/h7-8,10-11,16-17,19-20,25-26,28-29,32-33,35-37,39-40,43-44,47,49,52,65H,4-6,9,12-15,18,21-24,27,30-31,34,38,41-42,45-46,48,50-51,53-64H2,1-3H3/b10-7-,11-8-,19-16-,20-17-,28-25-,29-26-,33-32-,37-35-,39-36-,43-40-,47-44-,52-49-. The zero-order valence-corrected chi connectivity index (χ0v) is 47.5. The second kappa shape index (κ2) is 60.8. The van der Waals surface area contributed by atoms with Crippen molar-refractivity contribution in [2.24, 2.45) is 0 Å². The minimum absolute atomic E-state index is 0.113. The third-order valence-corrected chi connectivity index (χ3v) is 12.1. The lowest BCUT2D eigenvalue weighted by molar-refractivity contribution is -0.167. The number of allylic oxidation sites excluding steroid dienone is 24. The van der Waals surface area contributed by atoms with Gasteiger partial charge in [-0.05, 0) is 116 Å². The summed E-state index contributed by atoms with van der Waals surface area (Å²) in [4.78, 5) is 38.2. The molecule has 1 unspecified atom stereocenters. The smallest absolute Gasteiger partial charge is 0.306 e. The first-order chi connectivity index (χ1) is 36.5. The van der Waals surface area contributed by atoms with Gasteiger partial charge in [0.25, 0.3) is 0 Å². The van der Waals surface area contributed by atoms with Gasteiger partial charge < -0.3 is 14.2 Å². The predicted molar refractivity (Wildman–Crippen MR) is 320 cm³/mol. The number of unbranched alkanes of at least 4 members (excludes halogenated alkanes) is 17. The Morgan fingerprint density at radius 2 is 0.541 bits per heavy atom. The van der Waals surface area contributed by atoms with E-state index in [9.17, 15) is 14.4 Å². The van der Waals surface area contributed by atoms with Crippen LogP contribution < -0.4 is 0 Å². The summed E-state index contributed by atoms with van der Waals surface area (Å²) in [7, 11) is 0. The van der Waals surface area contributed by atoms with Gasteiger partial charge in [0.05, 0.1) is 0 Å². The van der Waals surface area contributed by atoms with Gasteiger partial charge in [0.1, 0.15) is 13.2 Å². The van der Waals surface area contributed by atoms with Crippen molar-refractivity contribution in [1.82, 2.24) is 0 Å². The van der Waals surface area contributed by atoms with E-state index in [4.69, 9.17) is 14.2 Å². The fourth-order valence-electron chi connectivity index (χ4n) is 7.69. The van der Waals surface area contributed by atoms with E-state index in [-0.39, 0.29) is 44.0 Å². The van der Waals surface area contributed by atoms with Crippen LogP contribution in [0.5, 0.6) is 0 Å². The Balaban J connectivity index is 4.56. The first-order valence-corrected chi connectivity index (χ1v) is 29.8. The highest BCUT2D eigenvalue weighted by Gasteiger charge is 2.19. The van der Waals surface area contributed by atoms with Gasteiger partial charge in [-0.1, -0.05) is 256 Å². The van der Waals surface area contributed by atoms with Crippen molar-refractivity contribution in [1.29, 1.82) is 0 Å². The molecule has 1 atom stereocenters. The average molecular weight is 1020 g/mol.